The van der Waals surface area contributed by atoms with Gasteiger partial charge in [0, 0.05) is 12.6 Å². The molecule has 1 aromatic heterocycles. The van der Waals surface area contributed by atoms with Crippen LogP contribution in [0.1, 0.15) is 49.1 Å². The SMILES string of the molecule is OC(Cc1ccn(C2CCCC2)n1)c1ccc(Cl)c(Cl)c1. The van der Waals surface area contributed by atoms with Crippen LogP contribution in [0.4, 0.5) is 0 Å². The number of nitrogens with zero attached hydrogens (tertiary/aromatic N) is 2. The van der Waals surface area contributed by atoms with Crippen molar-refractivity contribution in [2.45, 2.75) is 44.2 Å². The number of aromatic nitrogens is 2. The normalized spacial score (nSPS) is 17.3. The fourth-order valence-corrected chi connectivity index (χ4v) is 3.20. The molecule has 3 rings (SSSR count). The first-order valence-electron chi connectivity index (χ1n) is 7.30. The fraction of sp³-hybridized carbons (Fsp3) is 0.438. The lowest BCUT2D eigenvalue weighted by Gasteiger charge is -2.11. The molecule has 1 fully saturated rings. The van der Waals surface area contributed by atoms with Crippen LogP contribution in [0.2, 0.25) is 10.0 Å². The van der Waals surface area contributed by atoms with E-state index in [9.17, 15) is 5.11 Å². The molecule has 1 N–H and O–H groups in total. The van der Waals surface area contributed by atoms with Gasteiger partial charge in [0.15, 0.2) is 0 Å². The Bertz CT molecular complexity index is 620. The van der Waals surface area contributed by atoms with Crippen LogP contribution in [0.15, 0.2) is 30.5 Å². The fourth-order valence-electron chi connectivity index (χ4n) is 2.89. The van der Waals surface area contributed by atoms with E-state index in [1.54, 1.807) is 18.2 Å². The maximum Gasteiger partial charge on any atom is 0.0846 e. The predicted molar refractivity (Wildman–Crippen MR) is 84.9 cm³/mol. The smallest absolute Gasteiger partial charge is 0.0846 e. The van der Waals surface area contributed by atoms with Crippen molar-refractivity contribution < 1.29 is 5.11 Å². The van der Waals surface area contributed by atoms with E-state index in [0.29, 0.717) is 22.5 Å². The molecule has 21 heavy (non-hydrogen) atoms. The second-order valence-electron chi connectivity index (χ2n) is 5.62. The van der Waals surface area contributed by atoms with Crippen molar-refractivity contribution in [2.24, 2.45) is 0 Å². The summed E-state index contributed by atoms with van der Waals surface area (Å²) in [6.07, 6.45) is 6.86. The third kappa shape index (κ3) is 3.42. The number of rotatable bonds is 4. The van der Waals surface area contributed by atoms with Gasteiger partial charge in [-0.25, -0.2) is 0 Å². The lowest BCUT2D eigenvalue weighted by atomic mass is 10.1. The van der Waals surface area contributed by atoms with Crippen LogP contribution in [0.25, 0.3) is 0 Å². The molecule has 1 aliphatic carbocycles. The van der Waals surface area contributed by atoms with Crippen LogP contribution in [0.5, 0.6) is 0 Å². The van der Waals surface area contributed by atoms with Crippen molar-refractivity contribution in [3.8, 4) is 0 Å². The van der Waals surface area contributed by atoms with E-state index in [2.05, 4.69) is 5.10 Å². The number of aliphatic hydroxyl groups excluding tert-OH is 1. The molecular formula is C16H18Cl2N2O. The molecule has 1 saturated carbocycles. The molecule has 1 atom stereocenters. The van der Waals surface area contributed by atoms with E-state index in [-0.39, 0.29) is 0 Å². The molecule has 1 unspecified atom stereocenters. The summed E-state index contributed by atoms with van der Waals surface area (Å²) in [7, 11) is 0. The van der Waals surface area contributed by atoms with Gasteiger partial charge in [0.1, 0.15) is 0 Å². The molecule has 3 nitrogen and oxygen atoms in total. The summed E-state index contributed by atoms with van der Waals surface area (Å²) < 4.78 is 2.05. The number of aliphatic hydroxyl groups is 1. The van der Waals surface area contributed by atoms with E-state index < -0.39 is 6.10 Å². The first kappa shape index (κ1) is 14.9. The van der Waals surface area contributed by atoms with Gasteiger partial charge in [-0.2, -0.15) is 5.10 Å². The van der Waals surface area contributed by atoms with Gasteiger partial charge >= 0.3 is 0 Å². The number of benzene rings is 1. The maximum atomic E-state index is 10.3. The molecule has 5 heteroatoms. The Morgan fingerprint density at radius 1 is 1.19 bits per heavy atom. The molecule has 0 radical (unpaired) electrons. The highest BCUT2D eigenvalue weighted by Gasteiger charge is 2.18. The molecule has 1 aromatic carbocycles. The third-order valence-electron chi connectivity index (χ3n) is 4.09. The van der Waals surface area contributed by atoms with Gasteiger partial charge < -0.3 is 5.11 Å². The molecule has 0 spiro atoms. The Kier molecular flexibility index (Phi) is 4.53. The lowest BCUT2D eigenvalue weighted by Crippen LogP contribution is -2.07. The van der Waals surface area contributed by atoms with E-state index in [4.69, 9.17) is 23.2 Å². The number of halogens is 2. The summed E-state index contributed by atoms with van der Waals surface area (Å²) in [5.41, 5.74) is 1.67. The van der Waals surface area contributed by atoms with Crippen molar-refractivity contribution in [1.29, 1.82) is 0 Å². The first-order chi connectivity index (χ1) is 10.1. The van der Waals surface area contributed by atoms with Crippen LogP contribution < -0.4 is 0 Å². The molecule has 1 heterocycles. The first-order valence-corrected chi connectivity index (χ1v) is 8.06. The summed E-state index contributed by atoms with van der Waals surface area (Å²) in [5.74, 6) is 0. The van der Waals surface area contributed by atoms with E-state index in [0.717, 1.165) is 11.3 Å². The van der Waals surface area contributed by atoms with Crippen LogP contribution >= 0.6 is 23.2 Å². The van der Waals surface area contributed by atoms with Crippen molar-refractivity contribution >= 4 is 23.2 Å². The standard InChI is InChI=1S/C16H18Cl2N2O/c17-14-6-5-11(9-15(14)18)16(21)10-12-7-8-20(19-12)13-3-1-2-4-13/h5-9,13,16,21H,1-4,10H2. The molecular weight excluding hydrogens is 307 g/mol. The van der Waals surface area contributed by atoms with E-state index >= 15 is 0 Å². The monoisotopic (exact) mass is 324 g/mol. The highest BCUT2D eigenvalue weighted by molar-refractivity contribution is 6.42. The van der Waals surface area contributed by atoms with Crippen molar-refractivity contribution in [3.63, 3.8) is 0 Å². The van der Waals surface area contributed by atoms with Gasteiger partial charge in [0.05, 0.1) is 27.9 Å². The average molecular weight is 325 g/mol. The summed E-state index contributed by atoms with van der Waals surface area (Å²) in [4.78, 5) is 0. The Morgan fingerprint density at radius 3 is 2.67 bits per heavy atom. The second kappa shape index (κ2) is 6.39. The number of hydrogen-bond acceptors (Lipinski definition) is 2. The summed E-state index contributed by atoms with van der Waals surface area (Å²) in [6, 6.07) is 7.73. The van der Waals surface area contributed by atoms with Crippen LogP contribution in [-0.2, 0) is 6.42 Å². The van der Waals surface area contributed by atoms with Gasteiger partial charge in [-0.15, -0.1) is 0 Å². The van der Waals surface area contributed by atoms with Gasteiger partial charge in [-0.3, -0.25) is 4.68 Å². The largest absolute Gasteiger partial charge is 0.388 e. The Labute approximate surface area is 134 Å². The minimum absolute atomic E-state index is 0.463. The number of hydrogen-bond donors (Lipinski definition) is 1. The molecule has 0 saturated heterocycles. The van der Waals surface area contributed by atoms with Gasteiger partial charge in [0.25, 0.3) is 0 Å². The zero-order valence-corrected chi connectivity index (χ0v) is 13.2. The minimum atomic E-state index is -0.619. The van der Waals surface area contributed by atoms with Crippen molar-refractivity contribution in [3.05, 3.63) is 51.8 Å². The molecule has 0 aliphatic heterocycles. The van der Waals surface area contributed by atoms with Crippen LogP contribution in [0.3, 0.4) is 0 Å². The lowest BCUT2D eigenvalue weighted by molar-refractivity contribution is 0.177. The molecule has 2 aromatic rings. The molecule has 0 amide bonds. The second-order valence-corrected chi connectivity index (χ2v) is 6.43. The van der Waals surface area contributed by atoms with Crippen LogP contribution in [-0.4, -0.2) is 14.9 Å². The maximum absolute atomic E-state index is 10.3. The van der Waals surface area contributed by atoms with Gasteiger partial charge in [0.2, 0.25) is 0 Å². The van der Waals surface area contributed by atoms with Crippen LogP contribution in [0, 0.1) is 0 Å². The van der Waals surface area contributed by atoms with E-state index in [1.165, 1.54) is 25.7 Å². The topological polar surface area (TPSA) is 38.0 Å². The summed E-state index contributed by atoms with van der Waals surface area (Å²) in [5, 5.41) is 15.9. The van der Waals surface area contributed by atoms with E-state index in [1.807, 2.05) is 16.9 Å². The van der Waals surface area contributed by atoms with Gasteiger partial charge in [-0.1, -0.05) is 42.1 Å². The minimum Gasteiger partial charge on any atom is -0.388 e. The van der Waals surface area contributed by atoms with Crippen molar-refractivity contribution in [2.75, 3.05) is 0 Å². The Morgan fingerprint density at radius 2 is 1.95 bits per heavy atom. The van der Waals surface area contributed by atoms with Gasteiger partial charge in [-0.05, 0) is 36.6 Å². The quantitative estimate of drug-likeness (QED) is 0.893. The van der Waals surface area contributed by atoms with Crippen molar-refractivity contribution in [1.82, 2.24) is 9.78 Å². The Hall–Kier alpha value is -1.03. The third-order valence-corrected chi connectivity index (χ3v) is 4.83. The zero-order chi connectivity index (χ0) is 14.8. The zero-order valence-electron chi connectivity index (χ0n) is 11.7. The highest BCUT2D eigenvalue weighted by Crippen LogP contribution is 2.30. The highest BCUT2D eigenvalue weighted by atomic mass is 35.5. The summed E-state index contributed by atoms with van der Waals surface area (Å²) in [6.45, 7) is 0. The Balaban J connectivity index is 1.69. The molecule has 0 bridgehead atoms. The molecule has 112 valence electrons. The predicted octanol–water partition coefficient (Wildman–Crippen LogP) is 4.58. The average Bonchev–Trinajstić information content (AvgIpc) is 3.12. The summed E-state index contributed by atoms with van der Waals surface area (Å²) >= 11 is 11.9. The molecule has 1 aliphatic rings.